The van der Waals surface area contributed by atoms with Gasteiger partial charge < -0.3 is 14.8 Å². The van der Waals surface area contributed by atoms with E-state index in [1.165, 1.54) is 12.8 Å². The van der Waals surface area contributed by atoms with Gasteiger partial charge in [-0.25, -0.2) is 0 Å². The van der Waals surface area contributed by atoms with E-state index in [0.717, 1.165) is 30.8 Å². The Morgan fingerprint density at radius 2 is 2.11 bits per heavy atom. The molecular weight excluding hydrogens is 242 g/mol. The highest BCUT2D eigenvalue weighted by molar-refractivity contribution is 5.31. The number of rotatable bonds is 6. The number of hydrogen-bond donors (Lipinski definition) is 1. The Hall–Kier alpha value is -1.07. The Morgan fingerprint density at radius 3 is 2.63 bits per heavy atom. The van der Waals surface area contributed by atoms with E-state index in [-0.39, 0.29) is 11.6 Å². The molecule has 0 saturated heterocycles. The molecule has 2 rings (SSSR count). The molecule has 1 heterocycles. The summed E-state index contributed by atoms with van der Waals surface area (Å²) in [5, 5.41) is 7.89. The fourth-order valence-corrected chi connectivity index (χ4v) is 3.23. The third-order valence-electron chi connectivity index (χ3n) is 4.23. The smallest absolute Gasteiger partial charge is 0.161 e. The molecule has 1 aromatic rings. The van der Waals surface area contributed by atoms with E-state index in [1.807, 2.05) is 18.8 Å². The van der Waals surface area contributed by atoms with Crippen molar-refractivity contribution in [3.63, 3.8) is 0 Å². The summed E-state index contributed by atoms with van der Waals surface area (Å²) in [5.74, 6) is 0.830. The maximum Gasteiger partial charge on any atom is 0.161 e. The molecule has 0 spiro atoms. The molecule has 1 fully saturated rings. The van der Waals surface area contributed by atoms with Crippen LogP contribution in [0.15, 0.2) is 6.20 Å². The fourth-order valence-electron chi connectivity index (χ4n) is 3.23. The summed E-state index contributed by atoms with van der Waals surface area (Å²) >= 11 is 0. The van der Waals surface area contributed by atoms with Crippen LogP contribution in [0.4, 0.5) is 0 Å². The maximum absolute atomic E-state index is 5.93. The minimum absolute atomic E-state index is 0.118. The topological polar surface area (TPSA) is 48.3 Å². The molecule has 19 heavy (non-hydrogen) atoms. The highest BCUT2D eigenvalue weighted by atomic mass is 16.5. The van der Waals surface area contributed by atoms with E-state index in [0.29, 0.717) is 0 Å². The Labute approximate surface area is 115 Å². The van der Waals surface area contributed by atoms with Crippen LogP contribution in [0.2, 0.25) is 0 Å². The lowest BCUT2D eigenvalue weighted by molar-refractivity contribution is -0.0389. The van der Waals surface area contributed by atoms with E-state index in [4.69, 9.17) is 9.47 Å². The predicted octanol–water partition coefficient (Wildman–Crippen LogP) is 2.04. The zero-order chi connectivity index (χ0) is 13.9. The van der Waals surface area contributed by atoms with Gasteiger partial charge in [-0.1, -0.05) is 19.8 Å². The maximum atomic E-state index is 5.93. The van der Waals surface area contributed by atoms with E-state index in [2.05, 4.69) is 17.3 Å². The first-order valence-corrected chi connectivity index (χ1v) is 7.03. The minimum Gasteiger partial charge on any atom is -0.493 e. The number of nitrogens with zero attached hydrogens (tertiary/aromatic N) is 2. The number of nitrogens with one attached hydrogen (secondary N) is 1. The molecule has 108 valence electrons. The van der Waals surface area contributed by atoms with Crippen LogP contribution in [-0.4, -0.2) is 36.1 Å². The lowest BCUT2D eigenvalue weighted by atomic mass is 9.89. The lowest BCUT2D eigenvalue weighted by Gasteiger charge is -2.37. The van der Waals surface area contributed by atoms with Crippen LogP contribution in [-0.2, 0) is 11.8 Å². The summed E-state index contributed by atoms with van der Waals surface area (Å²) in [6.07, 6.45) is 6.37. The molecule has 0 aliphatic heterocycles. The third-order valence-corrected chi connectivity index (χ3v) is 4.23. The van der Waals surface area contributed by atoms with E-state index in [9.17, 15) is 0 Å². The van der Waals surface area contributed by atoms with Gasteiger partial charge in [0.2, 0.25) is 0 Å². The largest absolute Gasteiger partial charge is 0.493 e. The number of aromatic nitrogens is 2. The lowest BCUT2D eigenvalue weighted by Crippen LogP contribution is -2.44. The van der Waals surface area contributed by atoms with Gasteiger partial charge in [-0.15, -0.1) is 0 Å². The number of aryl methyl sites for hydroxylation is 1. The van der Waals surface area contributed by atoms with Gasteiger partial charge in [0.25, 0.3) is 0 Å². The first-order chi connectivity index (χ1) is 9.18. The fraction of sp³-hybridized carbons (Fsp3) is 0.786. The van der Waals surface area contributed by atoms with Crippen LogP contribution in [0, 0.1) is 0 Å². The summed E-state index contributed by atoms with van der Waals surface area (Å²) in [6, 6.07) is 0.118. The van der Waals surface area contributed by atoms with Crippen molar-refractivity contribution in [2.24, 2.45) is 7.05 Å². The standard InChI is InChI=1S/C14H25N3O2/c1-5-15-13(14(19-4)8-6-7-9-14)12-11(18-3)10-16-17(12)2/h10,13,15H,5-9H2,1-4H3. The van der Waals surface area contributed by atoms with Crippen molar-refractivity contribution in [2.75, 3.05) is 20.8 Å². The quantitative estimate of drug-likeness (QED) is 0.857. The van der Waals surface area contributed by atoms with Crippen molar-refractivity contribution in [3.05, 3.63) is 11.9 Å². The van der Waals surface area contributed by atoms with Crippen LogP contribution < -0.4 is 10.1 Å². The van der Waals surface area contributed by atoms with Gasteiger partial charge in [-0.3, -0.25) is 4.68 Å². The zero-order valence-electron chi connectivity index (χ0n) is 12.4. The molecular formula is C14H25N3O2. The molecule has 5 heteroatoms. The summed E-state index contributed by atoms with van der Waals surface area (Å²) in [6.45, 7) is 3.01. The van der Waals surface area contributed by atoms with Crippen molar-refractivity contribution in [3.8, 4) is 5.75 Å². The Balaban J connectivity index is 2.41. The molecule has 0 bridgehead atoms. The van der Waals surface area contributed by atoms with Gasteiger partial charge >= 0.3 is 0 Å². The first-order valence-electron chi connectivity index (χ1n) is 7.03. The zero-order valence-corrected chi connectivity index (χ0v) is 12.4. The van der Waals surface area contributed by atoms with Gasteiger partial charge in [0.05, 0.1) is 30.6 Å². The van der Waals surface area contributed by atoms with Gasteiger partial charge in [0.1, 0.15) is 0 Å². The average Bonchev–Trinajstić information content (AvgIpc) is 3.03. The number of hydrogen-bond acceptors (Lipinski definition) is 4. The van der Waals surface area contributed by atoms with Gasteiger partial charge in [-0.05, 0) is 19.4 Å². The van der Waals surface area contributed by atoms with Crippen LogP contribution in [0.5, 0.6) is 5.75 Å². The van der Waals surface area contributed by atoms with Crippen molar-refractivity contribution in [1.82, 2.24) is 15.1 Å². The minimum atomic E-state index is -0.142. The summed E-state index contributed by atoms with van der Waals surface area (Å²) in [7, 11) is 5.47. The van der Waals surface area contributed by atoms with E-state index >= 15 is 0 Å². The molecule has 0 radical (unpaired) electrons. The second-order valence-electron chi connectivity index (χ2n) is 5.19. The average molecular weight is 267 g/mol. The molecule has 1 aliphatic rings. The molecule has 5 nitrogen and oxygen atoms in total. The Kier molecular flexibility index (Phi) is 4.47. The second kappa shape index (κ2) is 5.92. The Morgan fingerprint density at radius 1 is 1.42 bits per heavy atom. The monoisotopic (exact) mass is 267 g/mol. The molecule has 1 aromatic heterocycles. The molecule has 1 unspecified atom stereocenters. The summed E-state index contributed by atoms with van der Waals surface area (Å²) in [4.78, 5) is 0. The van der Waals surface area contributed by atoms with Crippen LogP contribution >= 0.6 is 0 Å². The summed E-state index contributed by atoms with van der Waals surface area (Å²) in [5.41, 5.74) is 0.935. The normalized spacial score (nSPS) is 19.6. The van der Waals surface area contributed by atoms with Crippen molar-refractivity contribution >= 4 is 0 Å². The van der Waals surface area contributed by atoms with Gasteiger partial charge in [0.15, 0.2) is 5.75 Å². The second-order valence-corrected chi connectivity index (χ2v) is 5.19. The van der Waals surface area contributed by atoms with Crippen LogP contribution in [0.1, 0.15) is 44.3 Å². The van der Waals surface area contributed by atoms with Crippen molar-refractivity contribution < 1.29 is 9.47 Å². The third kappa shape index (κ3) is 2.49. The number of likely N-dealkylation sites (N-methyl/N-ethyl adjacent to an activating group) is 1. The number of methoxy groups -OCH3 is 2. The predicted molar refractivity (Wildman–Crippen MR) is 74.4 cm³/mol. The van der Waals surface area contributed by atoms with Gasteiger partial charge in [0, 0.05) is 14.2 Å². The van der Waals surface area contributed by atoms with E-state index < -0.39 is 0 Å². The van der Waals surface area contributed by atoms with Crippen molar-refractivity contribution in [2.45, 2.75) is 44.2 Å². The summed E-state index contributed by atoms with van der Waals surface area (Å²) < 4.78 is 13.3. The molecule has 0 aromatic carbocycles. The van der Waals surface area contributed by atoms with Crippen LogP contribution in [0.25, 0.3) is 0 Å². The highest BCUT2D eigenvalue weighted by Gasteiger charge is 2.44. The van der Waals surface area contributed by atoms with Crippen molar-refractivity contribution in [1.29, 1.82) is 0 Å². The molecule has 1 aliphatic carbocycles. The molecule has 1 saturated carbocycles. The molecule has 1 atom stereocenters. The van der Waals surface area contributed by atoms with E-state index in [1.54, 1.807) is 13.3 Å². The highest BCUT2D eigenvalue weighted by Crippen LogP contribution is 2.44. The van der Waals surface area contributed by atoms with Gasteiger partial charge in [-0.2, -0.15) is 5.10 Å². The van der Waals surface area contributed by atoms with Crippen LogP contribution in [0.3, 0.4) is 0 Å². The Bertz CT molecular complexity index is 411. The SMILES string of the molecule is CCNC(c1c(OC)cnn1C)C1(OC)CCCC1. The number of ether oxygens (including phenoxy) is 2. The molecule has 1 N–H and O–H groups in total. The first kappa shape index (κ1) is 14.3. The molecule has 0 amide bonds.